The summed E-state index contributed by atoms with van der Waals surface area (Å²) >= 11 is 1.17. The lowest BCUT2D eigenvalue weighted by atomic mass is 10.3. The van der Waals surface area contributed by atoms with E-state index in [-0.39, 0.29) is 0 Å². The Morgan fingerprint density at radius 1 is 1.19 bits per heavy atom. The molecule has 0 amide bonds. The molecule has 0 aliphatic heterocycles. The molecule has 0 aromatic heterocycles. The van der Waals surface area contributed by atoms with Gasteiger partial charge in [-0.25, -0.2) is 13.0 Å². The number of rotatable bonds is 9. The van der Waals surface area contributed by atoms with Crippen LogP contribution in [0.1, 0.15) is 20.3 Å². The third kappa shape index (κ3) is 7.61. The Balaban J connectivity index is 2.78. The molecular weight excluding hydrogens is 351 g/mol. The summed E-state index contributed by atoms with van der Waals surface area (Å²) in [5.74, 6) is 1.08. The highest BCUT2D eigenvalue weighted by atomic mass is 33.1. The van der Waals surface area contributed by atoms with Crippen molar-refractivity contribution < 1.29 is 22.0 Å². The second kappa shape index (κ2) is 8.48. The van der Waals surface area contributed by atoms with Crippen LogP contribution in [0.25, 0.3) is 0 Å². The number of benzene rings is 1. The Labute approximate surface area is 133 Å². The molecule has 1 rings (SSSR count). The Bertz CT molecular complexity index is 585. The van der Waals surface area contributed by atoms with Crippen LogP contribution in [0.2, 0.25) is 0 Å². The number of hydrogen-bond acceptors (Lipinski definition) is 7. The molecule has 9 heteroatoms. The quantitative estimate of drug-likeness (QED) is 0.471. The van der Waals surface area contributed by atoms with E-state index >= 15 is 0 Å². The average Bonchev–Trinajstić information content (AvgIpc) is 2.37. The van der Waals surface area contributed by atoms with Crippen molar-refractivity contribution in [2.75, 3.05) is 18.6 Å². The fourth-order valence-corrected chi connectivity index (χ4v) is 6.75. The first kappa shape index (κ1) is 18.9. The fraction of sp³-hybridized carbons (Fsp3) is 0.500. The molecule has 1 unspecified atom stereocenters. The van der Waals surface area contributed by atoms with Crippen LogP contribution < -0.4 is 4.52 Å². The van der Waals surface area contributed by atoms with Gasteiger partial charge in [0.25, 0.3) is 0 Å². The summed E-state index contributed by atoms with van der Waals surface area (Å²) < 4.78 is 45.5. The van der Waals surface area contributed by atoms with Crippen molar-refractivity contribution in [1.82, 2.24) is 0 Å². The molecular formula is C12H19O5PS3. The minimum absolute atomic E-state index is 0.302. The predicted molar refractivity (Wildman–Crippen MR) is 89.8 cm³/mol. The van der Waals surface area contributed by atoms with E-state index < -0.39 is 15.7 Å². The number of hydrogen-bond donors (Lipinski definition) is 0. The molecule has 0 saturated carbocycles. The van der Waals surface area contributed by atoms with E-state index in [1.54, 1.807) is 31.2 Å². The van der Waals surface area contributed by atoms with Crippen molar-refractivity contribution >= 4 is 37.8 Å². The Hall–Kier alpha value is -0.140. The average molecular weight is 370 g/mol. The molecule has 0 radical (unpaired) electrons. The first-order chi connectivity index (χ1) is 9.78. The summed E-state index contributed by atoms with van der Waals surface area (Å²) in [6.07, 6.45) is 2.02. The molecule has 0 N–H and O–H groups in total. The van der Waals surface area contributed by atoms with Gasteiger partial charge in [0.15, 0.2) is 0 Å². The smallest absolute Gasteiger partial charge is 0.417 e. The van der Waals surface area contributed by atoms with Gasteiger partial charge in [0.1, 0.15) is 5.75 Å². The van der Waals surface area contributed by atoms with Gasteiger partial charge in [-0.05, 0) is 49.0 Å². The van der Waals surface area contributed by atoms with Gasteiger partial charge < -0.3 is 4.52 Å². The van der Waals surface area contributed by atoms with E-state index in [4.69, 9.17) is 9.05 Å². The first-order valence-corrected chi connectivity index (χ1v) is 12.7. The van der Waals surface area contributed by atoms with E-state index in [9.17, 15) is 13.0 Å². The van der Waals surface area contributed by atoms with Gasteiger partial charge in [0, 0.05) is 27.7 Å². The monoisotopic (exact) mass is 370 g/mol. The molecule has 5 nitrogen and oxygen atoms in total. The molecule has 1 aromatic rings. The topological polar surface area (TPSA) is 69.7 Å². The Kier molecular flexibility index (Phi) is 7.64. The summed E-state index contributed by atoms with van der Waals surface area (Å²) in [6, 6.07) is 6.40. The summed E-state index contributed by atoms with van der Waals surface area (Å²) in [6.45, 7) is 0.824. The van der Waals surface area contributed by atoms with Crippen LogP contribution in [0.5, 0.6) is 5.75 Å². The minimum atomic E-state index is -3.22. The molecule has 0 bridgehead atoms. The van der Waals surface area contributed by atoms with Crippen LogP contribution in [0.15, 0.2) is 29.2 Å². The van der Waals surface area contributed by atoms with E-state index in [0.29, 0.717) is 23.0 Å². The van der Waals surface area contributed by atoms with Crippen LogP contribution in [0, 0.1) is 0 Å². The van der Waals surface area contributed by atoms with Crippen molar-refractivity contribution in [1.29, 1.82) is 0 Å². The molecule has 0 aliphatic rings. The van der Waals surface area contributed by atoms with Crippen LogP contribution in [0.3, 0.4) is 0 Å². The van der Waals surface area contributed by atoms with Crippen LogP contribution in [-0.2, 0) is 18.0 Å². The molecule has 0 spiro atoms. The van der Waals surface area contributed by atoms with Crippen molar-refractivity contribution in [2.45, 2.75) is 25.2 Å². The van der Waals surface area contributed by atoms with Crippen molar-refractivity contribution in [2.24, 2.45) is 0 Å². The summed E-state index contributed by atoms with van der Waals surface area (Å²) in [7, 11) is -2.39. The molecule has 21 heavy (non-hydrogen) atoms. The van der Waals surface area contributed by atoms with E-state index in [1.807, 2.05) is 6.92 Å². The summed E-state index contributed by atoms with van der Waals surface area (Å²) in [5.41, 5.74) is 0. The zero-order chi connectivity index (χ0) is 15.9. The zero-order valence-electron chi connectivity index (χ0n) is 12.1. The predicted octanol–water partition coefficient (Wildman–Crippen LogP) is 4.40. The lowest BCUT2D eigenvalue weighted by Crippen LogP contribution is -1.96. The Morgan fingerprint density at radius 3 is 2.29 bits per heavy atom. The van der Waals surface area contributed by atoms with Crippen LogP contribution in [-0.4, -0.2) is 27.0 Å². The first-order valence-electron chi connectivity index (χ1n) is 6.36. The highest BCUT2D eigenvalue weighted by Gasteiger charge is 2.26. The van der Waals surface area contributed by atoms with E-state index in [2.05, 4.69) is 0 Å². The zero-order valence-corrected chi connectivity index (χ0v) is 15.5. The van der Waals surface area contributed by atoms with Gasteiger partial charge in [-0.3, -0.25) is 4.52 Å². The minimum Gasteiger partial charge on any atom is -0.417 e. The van der Waals surface area contributed by atoms with Crippen molar-refractivity contribution in [3.05, 3.63) is 24.3 Å². The summed E-state index contributed by atoms with van der Waals surface area (Å²) in [5, 5.41) is 0. The highest BCUT2D eigenvalue weighted by molar-refractivity contribution is 8.71. The lowest BCUT2D eigenvalue weighted by molar-refractivity contribution is 0.296. The van der Waals surface area contributed by atoms with Gasteiger partial charge in [-0.15, -0.1) is 0 Å². The molecule has 0 heterocycles. The van der Waals surface area contributed by atoms with Gasteiger partial charge in [0.2, 0.25) is 8.87 Å². The maximum Gasteiger partial charge on any atom is 0.440 e. The Morgan fingerprint density at radius 2 is 1.81 bits per heavy atom. The third-order valence-electron chi connectivity index (χ3n) is 2.03. The molecule has 0 aliphatic carbocycles. The van der Waals surface area contributed by atoms with E-state index in [0.717, 1.165) is 23.5 Å². The fourth-order valence-electron chi connectivity index (χ4n) is 1.31. The summed E-state index contributed by atoms with van der Waals surface area (Å²) in [4.78, 5) is 0.581. The van der Waals surface area contributed by atoms with Gasteiger partial charge in [-0.2, -0.15) is 0 Å². The second-order valence-electron chi connectivity index (χ2n) is 4.05. The van der Waals surface area contributed by atoms with E-state index in [1.165, 1.54) is 11.4 Å². The second-order valence-corrected chi connectivity index (χ2v) is 12.5. The molecule has 1 aromatic carbocycles. The van der Waals surface area contributed by atoms with Crippen molar-refractivity contribution in [3.63, 3.8) is 0 Å². The van der Waals surface area contributed by atoms with Crippen LogP contribution >= 0.6 is 29.0 Å². The van der Waals surface area contributed by atoms with Gasteiger partial charge >= 0.3 is 6.80 Å². The molecule has 120 valence electrons. The third-order valence-corrected chi connectivity index (χ3v) is 8.23. The lowest BCUT2D eigenvalue weighted by Gasteiger charge is -2.17. The maximum atomic E-state index is 12.5. The highest BCUT2D eigenvalue weighted by Crippen LogP contribution is 2.60. The normalized spacial score (nSPS) is 14.6. The maximum absolute atomic E-state index is 12.5. The SMILES string of the molecule is CCCSP(=O)(OCC)Oc1ccc(SS(C)(=O)=O)cc1. The van der Waals surface area contributed by atoms with Gasteiger partial charge in [-0.1, -0.05) is 6.92 Å². The van der Waals surface area contributed by atoms with Gasteiger partial charge in [0.05, 0.1) is 6.61 Å². The molecule has 1 atom stereocenters. The van der Waals surface area contributed by atoms with Crippen LogP contribution in [0.4, 0.5) is 0 Å². The largest absolute Gasteiger partial charge is 0.440 e. The standard InChI is InChI=1S/C12H19O5PS3/c1-4-10-19-18(13,16-5-2)17-11-6-8-12(9-7-11)20-21(3,14)15/h6-9H,4-5,10H2,1-3H3. The van der Waals surface area contributed by atoms with Crippen molar-refractivity contribution in [3.8, 4) is 5.75 Å². The molecule has 0 fully saturated rings. The molecule has 0 saturated heterocycles.